The summed E-state index contributed by atoms with van der Waals surface area (Å²) in [6.45, 7) is 0. The summed E-state index contributed by atoms with van der Waals surface area (Å²) < 4.78 is 0. The maximum Gasteiger partial charge on any atom is 0.271 e. The number of fused-ring (bicyclic) bond motifs is 3. The van der Waals surface area contributed by atoms with Crippen LogP contribution in [0, 0.1) is 0 Å². The first kappa shape index (κ1) is 16.7. The van der Waals surface area contributed by atoms with Gasteiger partial charge in [0, 0.05) is 23.4 Å². The molecule has 3 amide bonds. The number of anilines is 2. The van der Waals surface area contributed by atoms with E-state index in [0.717, 1.165) is 4.90 Å². The van der Waals surface area contributed by atoms with Gasteiger partial charge in [-0.25, -0.2) is 0 Å². The second kappa shape index (κ2) is 6.17. The number of carbonyl (C=O) groups is 3. The Hall–Kier alpha value is -2.80. The molecule has 6 nitrogen and oxygen atoms in total. The van der Waals surface area contributed by atoms with Crippen molar-refractivity contribution in [1.82, 2.24) is 5.32 Å². The van der Waals surface area contributed by atoms with Crippen molar-refractivity contribution in [2.24, 2.45) is 0 Å². The molecule has 2 heterocycles. The molecule has 0 aromatic heterocycles. The number of para-hydroxylation sites is 1. The van der Waals surface area contributed by atoms with Crippen molar-refractivity contribution in [2.75, 3.05) is 16.5 Å². The molecule has 2 aliphatic rings. The van der Waals surface area contributed by atoms with Crippen molar-refractivity contribution in [1.29, 1.82) is 0 Å². The first-order valence-electron chi connectivity index (χ1n) is 8.25. The topological polar surface area (TPSA) is 78.5 Å². The lowest BCUT2D eigenvalue weighted by molar-refractivity contribution is -0.124. The van der Waals surface area contributed by atoms with Gasteiger partial charge in [0.25, 0.3) is 11.8 Å². The van der Waals surface area contributed by atoms with Crippen LogP contribution >= 0.6 is 11.8 Å². The molecule has 0 spiro atoms. The van der Waals surface area contributed by atoms with Crippen LogP contribution < -0.4 is 15.5 Å². The first-order valence-corrected chi connectivity index (χ1v) is 9.48. The number of amides is 3. The number of rotatable bonds is 3. The zero-order valence-corrected chi connectivity index (χ0v) is 14.9. The molecule has 0 saturated carbocycles. The number of hydrogen-bond donors (Lipinski definition) is 2. The predicted molar refractivity (Wildman–Crippen MR) is 100 cm³/mol. The molecule has 0 aliphatic carbocycles. The van der Waals surface area contributed by atoms with Gasteiger partial charge >= 0.3 is 0 Å². The molecule has 2 aromatic rings. The van der Waals surface area contributed by atoms with Crippen LogP contribution in [0.5, 0.6) is 0 Å². The van der Waals surface area contributed by atoms with Crippen LogP contribution in [0.3, 0.4) is 0 Å². The van der Waals surface area contributed by atoms with Crippen molar-refractivity contribution in [2.45, 2.75) is 23.4 Å². The van der Waals surface area contributed by atoms with Gasteiger partial charge in [-0.2, -0.15) is 0 Å². The minimum atomic E-state index is -1.39. The van der Waals surface area contributed by atoms with Crippen molar-refractivity contribution < 1.29 is 14.4 Å². The summed E-state index contributed by atoms with van der Waals surface area (Å²) in [4.78, 5) is 40.7. The van der Waals surface area contributed by atoms with E-state index in [4.69, 9.17) is 0 Å². The molecule has 0 unspecified atom stereocenters. The van der Waals surface area contributed by atoms with Gasteiger partial charge < -0.3 is 10.6 Å². The number of thioether (sulfide) groups is 1. The van der Waals surface area contributed by atoms with Gasteiger partial charge in [0.05, 0.1) is 11.3 Å². The first-order chi connectivity index (χ1) is 12.5. The smallest absolute Gasteiger partial charge is 0.271 e. The third kappa shape index (κ3) is 2.47. The largest absolute Gasteiger partial charge is 0.322 e. The Kier molecular flexibility index (Phi) is 3.96. The molecule has 2 aromatic carbocycles. The molecular weight excluding hydrogens is 350 g/mol. The van der Waals surface area contributed by atoms with Crippen molar-refractivity contribution in [3.8, 4) is 0 Å². The van der Waals surface area contributed by atoms with E-state index in [9.17, 15) is 14.4 Å². The van der Waals surface area contributed by atoms with Crippen molar-refractivity contribution in [3.05, 3.63) is 54.1 Å². The van der Waals surface area contributed by atoms with Crippen molar-refractivity contribution in [3.63, 3.8) is 0 Å². The van der Waals surface area contributed by atoms with Crippen LogP contribution in [0.4, 0.5) is 11.4 Å². The second-order valence-electron chi connectivity index (χ2n) is 6.25. The molecule has 2 N–H and O–H groups in total. The highest BCUT2D eigenvalue weighted by atomic mass is 32.2. The summed E-state index contributed by atoms with van der Waals surface area (Å²) in [5.74, 6) is -0.936. The molecule has 0 radical (unpaired) electrons. The van der Waals surface area contributed by atoms with E-state index in [1.807, 2.05) is 24.5 Å². The lowest BCUT2D eigenvalue weighted by atomic mass is 9.98. The summed E-state index contributed by atoms with van der Waals surface area (Å²) in [6.07, 6.45) is 2.39. The fourth-order valence-electron chi connectivity index (χ4n) is 3.51. The Balaban J connectivity index is 1.73. The molecule has 4 rings (SSSR count). The highest BCUT2D eigenvalue weighted by molar-refractivity contribution is 7.98. The van der Waals surface area contributed by atoms with Crippen molar-refractivity contribution >= 4 is 40.9 Å². The van der Waals surface area contributed by atoms with Gasteiger partial charge in [-0.05, 0) is 36.6 Å². The Morgan fingerprint density at radius 2 is 2.00 bits per heavy atom. The third-order valence-electron chi connectivity index (χ3n) is 4.74. The average molecular weight is 367 g/mol. The summed E-state index contributed by atoms with van der Waals surface area (Å²) in [6, 6.07) is 14.3. The Bertz CT molecular complexity index is 930. The fraction of sp³-hybridized carbons (Fsp3) is 0.211. The van der Waals surface area contributed by atoms with E-state index in [-0.39, 0.29) is 24.7 Å². The van der Waals surface area contributed by atoms with Gasteiger partial charge in [0.15, 0.2) is 0 Å². The Morgan fingerprint density at radius 1 is 1.19 bits per heavy atom. The monoisotopic (exact) mass is 367 g/mol. The van der Waals surface area contributed by atoms with E-state index >= 15 is 0 Å². The molecule has 2 aliphatic heterocycles. The number of nitrogens with one attached hydrogen (secondary N) is 2. The standard InChI is InChI=1S/C19H17N3O3S/c1-26-13-6-4-5-12(11-13)20-18(25)19-10-9-16(23)22(19)15-8-3-2-7-14(15)17(24)21-19/h2-8,11H,9-10H2,1H3,(H,20,25)(H,21,24)/t19-/m0/s1. The summed E-state index contributed by atoms with van der Waals surface area (Å²) in [5.41, 5.74) is 0.115. The van der Waals surface area contributed by atoms with E-state index < -0.39 is 11.6 Å². The normalized spacial score (nSPS) is 21.0. The van der Waals surface area contributed by atoms with E-state index in [1.54, 1.807) is 42.1 Å². The number of nitrogens with zero attached hydrogens (tertiary/aromatic N) is 1. The summed E-state index contributed by atoms with van der Waals surface area (Å²) in [5, 5.41) is 5.64. The van der Waals surface area contributed by atoms with Crippen LogP contribution in [0.2, 0.25) is 0 Å². The quantitative estimate of drug-likeness (QED) is 0.818. The summed E-state index contributed by atoms with van der Waals surface area (Å²) in [7, 11) is 0. The minimum absolute atomic E-state index is 0.175. The maximum absolute atomic E-state index is 13.1. The number of benzene rings is 2. The van der Waals surface area contributed by atoms with Crippen LogP contribution in [-0.4, -0.2) is 29.6 Å². The van der Waals surface area contributed by atoms with Crippen LogP contribution in [0.1, 0.15) is 23.2 Å². The van der Waals surface area contributed by atoms with Gasteiger partial charge in [0.2, 0.25) is 11.6 Å². The third-order valence-corrected chi connectivity index (χ3v) is 5.47. The molecule has 26 heavy (non-hydrogen) atoms. The minimum Gasteiger partial charge on any atom is -0.322 e. The average Bonchev–Trinajstić information content (AvgIpc) is 3.00. The Labute approximate surface area is 154 Å². The summed E-state index contributed by atoms with van der Waals surface area (Å²) >= 11 is 1.57. The lowest BCUT2D eigenvalue weighted by Crippen LogP contribution is -2.68. The lowest BCUT2D eigenvalue weighted by Gasteiger charge is -2.41. The van der Waals surface area contributed by atoms with E-state index in [1.165, 1.54) is 4.90 Å². The molecule has 1 saturated heterocycles. The van der Waals surface area contributed by atoms with Gasteiger partial charge in [0.1, 0.15) is 0 Å². The van der Waals surface area contributed by atoms with Gasteiger partial charge in [-0.3, -0.25) is 19.3 Å². The van der Waals surface area contributed by atoms with Crippen LogP contribution in [0.15, 0.2) is 53.4 Å². The highest BCUT2D eigenvalue weighted by Gasteiger charge is 2.56. The second-order valence-corrected chi connectivity index (χ2v) is 7.13. The predicted octanol–water partition coefficient (Wildman–Crippen LogP) is 2.61. The molecular formula is C19H17N3O3S. The van der Waals surface area contributed by atoms with Gasteiger partial charge in [-0.1, -0.05) is 18.2 Å². The zero-order chi connectivity index (χ0) is 18.3. The fourth-order valence-corrected chi connectivity index (χ4v) is 3.97. The molecule has 1 atom stereocenters. The zero-order valence-electron chi connectivity index (χ0n) is 14.1. The van der Waals surface area contributed by atoms with Gasteiger partial charge in [-0.15, -0.1) is 11.8 Å². The molecule has 7 heteroatoms. The van der Waals surface area contributed by atoms with E-state index in [2.05, 4.69) is 10.6 Å². The number of carbonyl (C=O) groups excluding carboxylic acids is 3. The maximum atomic E-state index is 13.1. The molecule has 132 valence electrons. The molecule has 1 fully saturated rings. The SMILES string of the molecule is CSc1cccc(NC(=O)[C@]23CCC(=O)N2c2ccccc2C(=O)N3)c1. The van der Waals surface area contributed by atoms with Crippen LogP contribution in [-0.2, 0) is 9.59 Å². The highest BCUT2D eigenvalue weighted by Crippen LogP contribution is 2.39. The number of hydrogen-bond acceptors (Lipinski definition) is 4. The van der Waals surface area contributed by atoms with Crippen LogP contribution in [0.25, 0.3) is 0 Å². The Morgan fingerprint density at radius 3 is 2.81 bits per heavy atom. The molecule has 0 bridgehead atoms. The van der Waals surface area contributed by atoms with E-state index in [0.29, 0.717) is 16.9 Å².